The average Bonchev–Trinajstić information content (AvgIpc) is 2.17. The number of benzene rings is 1. The molecule has 0 N–H and O–H groups in total. The molecule has 0 amide bonds. The molecular formula is C12H11N2O. The highest BCUT2D eigenvalue weighted by Crippen LogP contribution is 2.16. The Hall–Kier alpha value is -1.90. The Morgan fingerprint density at radius 2 is 1.93 bits per heavy atom. The summed E-state index contributed by atoms with van der Waals surface area (Å²) in [5.74, 6) is 0.697. The fourth-order valence-electron chi connectivity index (χ4n) is 1.28. The molecule has 0 aliphatic heterocycles. The summed E-state index contributed by atoms with van der Waals surface area (Å²) in [5, 5.41) is 0. The fraction of sp³-hybridized carbons (Fsp3) is 0.167. The minimum absolute atomic E-state index is 0.382. The van der Waals surface area contributed by atoms with Crippen molar-refractivity contribution in [2.45, 2.75) is 13.8 Å². The molecule has 15 heavy (non-hydrogen) atoms. The third-order valence-corrected chi connectivity index (χ3v) is 1.85. The lowest BCUT2D eigenvalue weighted by Gasteiger charge is -2.04. The van der Waals surface area contributed by atoms with Gasteiger partial charge in [-0.05, 0) is 38.1 Å². The predicted octanol–water partition coefficient (Wildman–Crippen LogP) is 2.69. The number of rotatable bonds is 2. The van der Waals surface area contributed by atoms with Crippen LogP contribution in [0.15, 0.2) is 30.3 Å². The van der Waals surface area contributed by atoms with Crippen LogP contribution in [0.1, 0.15) is 11.4 Å². The summed E-state index contributed by atoms with van der Waals surface area (Å²) in [6.45, 7) is 3.83. The SMILES string of the molecule is Cc1cc(C)nc(Oc2c[c]ccc2)n1. The van der Waals surface area contributed by atoms with Gasteiger partial charge >= 0.3 is 6.01 Å². The van der Waals surface area contributed by atoms with Crippen molar-refractivity contribution in [1.29, 1.82) is 0 Å². The minimum Gasteiger partial charge on any atom is -0.424 e. The van der Waals surface area contributed by atoms with Crippen molar-refractivity contribution in [3.63, 3.8) is 0 Å². The van der Waals surface area contributed by atoms with Gasteiger partial charge in [0.05, 0.1) is 0 Å². The van der Waals surface area contributed by atoms with Crippen molar-refractivity contribution in [2.24, 2.45) is 0 Å². The van der Waals surface area contributed by atoms with E-state index in [0.29, 0.717) is 11.8 Å². The highest BCUT2D eigenvalue weighted by atomic mass is 16.5. The van der Waals surface area contributed by atoms with Gasteiger partial charge in [0.2, 0.25) is 0 Å². The van der Waals surface area contributed by atoms with Gasteiger partial charge in [-0.2, -0.15) is 0 Å². The van der Waals surface area contributed by atoms with E-state index in [1.54, 1.807) is 6.07 Å². The molecule has 0 aliphatic carbocycles. The normalized spacial score (nSPS) is 10.0. The zero-order valence-electron chi connectivity index (χ0n) is 8.69. The first-order valence-electron chi connectivity index (χ1n) is 4.70. The summed E-state index contributed by atoms with van der Waals surface area (Å²) in [7, 11) is 0. The Morgan fingerprint density at radius 1 is 1.20 bits per heavy atom. The molecule has 0 saturated carbocycles. The Labute approximate surface area is 88.8 Å². The quantitative estimate of drug-likeness (QED) is 0.745. The van der Waals surface area contributed by atoms with Crippen LogP contribution in [0, 0.1) is 19.9 Å². The van der Waals surface area contributed by atoms with Crippen LogP contribution in [0.3, 0.4) is 0 Å². The van der Waals surface area contributed by atoms with E-state index in [4.69, 9.17) is 4.74 Å². The van der Waals surface area contributed by atoms with Crippen LogP contribution in [0.25, 0.3) is 0 Å². The molecule has 1 aromatic heterocycles. The van der Waals surface area contributed by atoms with Gasteiger partial charge in [0.15, 0.2) is 0 Å². The summed E-state index contributed by atoms with van der Waals surface area (Å²) >= 11 is 0. The second-order valence-corrected chi connectivity index (χ2v) is 3.27. The average molecular weight is 199 g/mol. The van der Waals surface area contributed by atoms with Gasteiger partial charge in [-0.15, -0.1) is 0 Å². The lowest BCUT2D eigenvalue weighted by Crippen LogP contribution is -1.95. The highest BCUT2D eigenvalue weighted by Gasteiger charge is 2.01. The topological polar surface area (TPSA) is 35.0 Å². The molecule has 0 bridgehead atoms. The first-order chi connectivity index (χ1) is 7.24. The molecule has 0 saturated heterocycles. The third-order valence-electron chi connectivity index (χ3n) is 1.85. The van der Waals surface area contributed by atoms with E-state index < -0.39 is 0 Å². The molecule has 0 spiro atoms. The summed E-state index contributed by atoms with van der Waals surface area (Å²) in [4.78, 5) is 8.36. The van der Waals surface area contributed by atoms with Crippen molar-refractivity contribution in [1.82, 2.24) is 9.97 Å². The Balaban J connectivity index is 2.25. The zero-order valence-corrected chi connectivity index (χ0v) is 8.69. The molecule has 3 nitrogen and oxygen atoms in total. The highest BCUT2D eigenvalue weighted by molar-refractivity contribution is 5.24. The number of hydrogen-bond acceptors (Lipinski definition) is 3. The molecule has 75 valence electrons. The summed E-state index contributed by atoms with van der Waals surface area (Å²) < 4.78 is 5.49. The molecule has 2 rings (SSSR count). The lowest BCUT2D eigenvalue weighted by atomic mass is 10.3. The van der Waals surface area contributed by atoms with Crippen LogP contribution >= 0.6 is 0 Å². The number of hydrogen-bond donors (Lipinski definition) is 0. The first kappa shape index (κ1) is 9.65. The van der Waals surface area contributed by atoms with Crippen molar-refractivity contribution in [3.8, 4) is 11.8 Å². The Morgan fingerprint density at radius 3 is 2.53 bits per heavy atom. The van der Waals surface area contributed by atoms with Crippen molar-refractivity contribution in [3.05, 3.63) is 47.8 Å². The molecule has 3 heteroatoms. The van der Waals surface area contributed by atoms with E-state index in [9.17, 15) is 0 Å². The van der Waals surface area contributed by atoms with Crippen molar-refractivity contribution < 1.29 is 4.74 Å². The molecule has 0 aliphatic rings. The van der Waals surface area contributed by atoms with Crippen LogP contribution in [0.5, 0.6) is 11.8 Å². The van der Waals surface area contributed by atoms with Gasteiger partial charge in [-0.1, -0.05) is 12.1 Å². The van der Waals surface area contributed by atoms with E-state index in [1.165, 1.54) is 0 Å². The van der Waals surface area contributed by atoms with Gasteiger partial charge < -0.3 is 4.74 Å². The van der Waals surface area contributed by atoms with Crippen molar-refractivity contribution >= 4 is 0 Å². The molecule has 2 aromatic rings. The summed E-state index contributed by atoms with van der Waals surface area (Å²) in [6.07, 6.45) is 0. The third kappa shape index (κ3) is 2.53. The molecule has 0 atom stereocenters. The lowest BCUT2D eigenvalue weighted by molar-refractivity contribution is 0.439. The smallest absolute Gasteiger partial charge is 0.322 e. The molecule has 0 unspecified atom stereocenters. The molecule has 1 aromatic carbocycles. The maximum atomic E-state index is 5.49. The molecule has 0 fully saturated rings. The monoisotopic (exact) mass is 199 g/mol. The standard InChI is InChI=1S/C12H11N2O/c1-9-8-10(2)14-12(13-9)15-11-6-4-3-5-7-11/h3-4,6-8H,1-2H3. The first-order valence-corrected chi connectivity index (χ1v) is 4.70. The second kappa shape index (κ2) is 4.09. The van der Waals surface area contributed by atoms with Gasteiger partial charge in [-0.25, -0.2) is 9.97 Å². The molecule has 1 radical (unpaired) electrons. The predicted molar refractivity (Wildman–Crippen MR) is 56.9 cm³/mol. The minimum atomic E-state index is 0.382. The van der Waals surface area contributed by atoms with Gasteiger partial charge in [0.25, 0.3) is 0 Å². The van der Waals surface area contributed by atoms with Crippen LogP contribution in [0.4, 0.5) is 0 Å². The van der Waals surface area contributed by atoms with E-state index in [-0.39, 0.29) is 0 Å². The van der Waals surface area contributed by atoms with Crippen LogP contribution in [-0.2, 0) is 0 Å². The zero-order chi connectivity index (χ0) is 10.7. The number of nitrogens with zero attached hydrogens (tertiary/aromatic N) is 2. The Bertz CT molecular complexity index is 434. The van der Waals surface area contributed by atoms with Crippen LogP contribution in [0.2, 0.25) is 0 Å². The van der Waals surface area contributed by atoms with E-state index in [1.807, 2.05) is 38.1 Å². The summed E-state index contributed by atoms with van der Waals surface area (Å²) in [6, 6.07) is 12.5. The number of aromatic nitrogens is 2. The van der Waals surface area contributed by atoms with Gasteiger partial charge in [0.1, 0.15) is 5.75 Å². The summed E-state index contributed by atoms with van der Waals surface area (Å²) in [5.41, 5.74) is 1.80. The van der Waals surface area contributed by atoms with Crippen LogP contribution in [-0.4, -0.2) is 9.97 Å². The van der Waals surface area contributed by atoms with Gasteiger partial charge in [0, 0.05) is 11.4 Å². The second-order valence-electron chi connectivity index (χ2n) is 3.27. The Kier molecular flexibility index (Phi) is 2.63. The van der Waals surface area contributed by atoms with E-state index in [0.717, 1.165) is 11.4 Å². The van der Waals surface area contributed by atoms with E-state index >= 15 is 0 Å². The van der Waals surface area contributed by atoms with Crippen LogP contribution < -0.4 is 4.74 Å². The maximum absolute atomic E-state index is 5.49. The maximum Gasteiger partial charge on any atom is 0.322 e. The molecular weight excluding hydrogens is 188 g/mol. The van der Waals surface area contributed by atoms with Crippen molar-refractivity contribution in [2.75, 3.05) is 0 Å². The number of aryl methyl sites for hydroxylation is 2. The van der Waals surface area contributed by atoms with Gasteiger partial charge in [-0.3, -0.25) is 0 Å². The largest absolute Gasteiger partial charge is 0.424 e. The molecule has 1 heterocycles. The number of ether oxygens (including phenoxy) is 1. The fourth-order valence-corrected chi connectivity index (χ4v) is 1.28. The van der Waals surface area contributed by atoms with E-state index in [2.05, 4.69) is 16.0 Å².